The summed E-state index contributed by atoms with van der Waals surface area (Å²) >= 11 is 0. The highest BCUT2D eigenvalue weighted by atomic mass is 19.4. The molecule has 0 aliphatic carbocycles. The molecule has 23 heavy (non-hydrogen) atoms. The van der Waals surface area contributed by atoms with Gasteiger partial charge in [-0.3, -0.25) is 4.99 Å². The molecule has 0 fully saturated rings. The molecule has 0 amide bonds. The molecule has 1 aliphatic heterocycles. The highest BCUT2D eigenvalue weighted by Gasteiger charge is 2.56. The lowest BCUT2D eigenvalue weighted by atomic mass is 9.74. The Morgan fingerprint density at radius 3 is 2.39 bits per heavy atom. The van der Waals surface area contributed by atoms with Crippen molar-refractivity contribution >= 4 is 11.9 Å². The molecule has 1 aliphatic rings. The van der Waals surface area contributed by atoms with Crippen molar-refractivity contribution in [1.82, 2.24) is 0 Å². The van der Waals surface area contributed by atoms with E-state index in [1.807, 2.05) is 0 Å². The van der Waals surface area contributed by atoms with Gasteiger partial charge in [0.25, 0.3) is 0 Å². The minimum atomic E-state index is -4.56. The summed E-state index contributed by atoms with van der Waals surface area (Å²) in [4.78, 5) is 3.78. The lowest BCUT2D eigenvalue weighted by molar-refractivity contribution is -0.168. The summed E-state index contributed by atoms with van der Waals surface area (Å²) in [5.74, 6) is -0.158. The molecule has 3 rings (SSSR count). The summed E-state index contributed by atoms with van der Waals surface area (Å²) in [6.45, 7) is 0. The molecule has 6 heteroatoms. The summed E-state index contributed by atoms with van der Waals surface area (Å²) in [5.41, 5.74) is -2.02. The lowest BCUT2D eigenvalue weighted by Crippen LogP contribution is -2.47. The van der Waals surface area contributed by atoms with Crippen LogP contribution in [0.3, 0.4) is 0 Å². The van der Waals surface area contributed by atoms with Crippen LogP contribution in [0.1, 0.15) is 11.1 Å². The normalized spacial score (nSPS) is 20.2. The van der Waals surface area contributed by atoms with Gasteiger partial charge in [0.15, 0.2) is 0 Å². The smallest absolute Gasteiger partial charge is 0.403 e. The number of aliphatic imine (C=N–C) groups is 1. The van der Waals surface area contributed by atoms with E-state index in [-0.39, 0.29) is 23.2 Å². The molecule has 2 aromatic rings. The number of ether oxygens (including phenoxy) is 1. The molecule has 1 heterocycles. The summed E-state index contributed by atoms with van der Waals surface area (Å²) in [6, 6.07) is 9.72. The van der Waals surface area contributed by atoms with Gasteiger partial charge >= 0.3 is 6.18 Å². The predicted molar refractivity (Wildman–Crippen MR) is 79.0 cm³/mol. The summed E-state index contributed by atoms with van der Waals surface area (Å²) in [6.07, 6.45) is -4.14. The number of hydrogen-bond donors (Lipinski definition) is 0. The predicted octanol–water partition coefficient (Wildman–Crippen LogP) is 4.59. The van der Waals surface area contributed by atoms with Crippen LogP contribution >= 0.6 is 0 Å². The summed E-state index contributed by atoms with van der Waals surface area (Å²) in [7, 11) is 1.44. The van der Waals surface area contributed by atoms with Gasteiger partial charge in [0.2, 0.25) is 0 Å². The van der Waals surface area contributed by atoms with Crippen LogP contribution in [0.4, 0.5) is 23.2 Å². The minimum absolute atomic E-state index is 0.0270. The first-order chi connectivity index (χ1) is 10.9. The molecular weight excluding hydrogens is 310 g/mol. The van der Waals surface area contributed by atoms with Crippen molar-refractivity contribution in [2.45, 2.75) is 18.0 Å². The fourth-order valence-corrected chi connectivity index (χ4v) is 2.77. The highest BCUT2D eigenvalue weighted by Crippen LogP contribution is 2.47. The second-order valence-corrected chi connectivity index (χ2v) is 5.38. The second-order valence-electron chi connectivity index (χ2n) is 5.38. The molecule has 0 radical (unpaired) electrons. The van der Waals surface area contributed by atoms with E-state index < -0.39 is 17.4 Å². The molecule has 1 atom stereocenters. The van der Waals surface area contributed by atoms with Gasteiger partial charge in [0.05, 0.1) is 7.11 Å². The summed E-state index contributed by atoms with van der Waals surface area (Å²) < 4.78 is 60.2. The minimum Gasteiger partial charge on any atom is -0.497 e. The number of hydrogen-bond acceptors (Lipinski definition) is 2. The molecule has 0 spiro atoms. The molecule has 0 N–H and O–H groups in total. The Labute approximate surface area is 130 Å². The van der Waals surface area contributed by atoms with Crippen molar-refractivity contribution in [3.63, 3.8) is 0 Å². The number of halogens is 4. The fraction of sp³-hybridized carbons (Fsp3) is 0.235. The number of methoxy groups -OCH3 is 1. The maximum Gasteiger partial charge on any atom is 0.403 e. The van der Waals surface area contributed by atoms with Crippen LogP contribution < -0.4 is 4.74 Å². The number of rotatable bonds is 2. The van der Waals surface area contributed by atoms with Crippen molar-refractivity contribution < 1.29 is 22.3 Å². The quantitative estimate of drug-likeness (QED) is 0.741. The third-order valence-electron chi connectivity index (χ3n) is 4.06. The number of para-hydroxylation sites is 1. The van der Waals surface area contributed by atoms with E-state index in [9.17, 15) is 17.6 Å². The first kappa shape index (κ1) is 15.5. The molecular formula is C17H13F4NO. The van der Waals surface area contributed by atoms with Gasteiger partial charge in [-0.2, -0.15) is 13.2 Å². The van der Waals surface area contributed by atoms with Crippen LogP contribution in [0.5, 0.6) is 5.75 Å². The molecule has 0 aromatic heterocycles. The van der Waals surface area contributed by atoms with E-state index >= 15 is 0 Å². The lowest BCUT2D eigenvalue weighted by Gasteiger charge is -2.35. The van der Waals surface area contributed by atoms with Gasteiger partial charge in [-0.05, 0) is 35.7 Å². The molecule has 2 aromatic carbocycles. The van der Waals surface area contributed by atoms with Crippen molar-refractivity contribution in [1.29, 1.82) is 0 Å². The van der Waals surface area contributed by atoms with Gasteiger partial charge in [-0.15, -0.1) is 0 Å². The maximum atomic E-state index is 13.8. The van der Waals surface area contributed by atoms with E-state index in [4.69, 9.17) is 4.74 Å². The van der Waals surface area contributed by atoms with Crippen LogP contribution in [0.15, 0.2) is 47.5 Å². The first-order valence-corrected chi connectivity index (χ1v) is 6.91. The van der Waals surface area contributed by atoms with E-state index in [1.54, 1.807) is 0 Å². The molecule has 120 valence electrons. The Bertz CT molecular complexity index is 752. The van der Waals surface area contributed by atoms with Crippen LogP contribution in [0.25, 0.3) is 0 Å². The average molecular weight is 323 g/mol. The fourth-order valence-electron chi connectivity index (χ4n) is 2.77. The van der Waals surface area contributed by atoms with Crippen molar-refractivity contribution in [2.75, 3.05) is 7.11 Å². The molecule has 2 nitrogen and oxygen atoms in total. The molecule has 0 unspecified atom stereocenters. The van der Waals surface area contributed by atoms with Crippen molar-refractivity contribution in [2.24, 2.45) is 4.99 Å². The van der Waals surface area contributed by atoms with Crippen molar-refractivity contribution in [3.8, 4) is 5.75 Å². The second kappa shape index (κ2) is 5.37. The third kappa shape index (κ3) is 2.48. The Hall–Kier alpha value is -2.37. The Morgan fingerprint density at radius 2 is 1.78 bits per heavy atom. The van der Waals surface area contributed by atoms with Gasteiger partial charge in [0, 0.05) is 6.21 Å². The van der Waals surface area contributed by atoms with Gasteiger partial charge in [-0.1, -0.05) is 24.3 Å². The largest absolute Gasteiger partial charge is 0.497 e. The highest BCUT2D eigenvalue weighted by molar-refractivity contribution is 5.82. The van der Waals surface area contributed by atoms with Crippen LogP contribution in [-0.4, -0.2) is 19.5 Å². The summed E-state index contributed by atoms with van der Waals surface area (Å²) in [5, 5.41) is 0. The number of nitrogens with zero attached hydrogens (tertiary/aromatic N) is 1. The first-order valence-electron chi connectivity index (χ1n) is 6.91. The number of alkyl halides is 3. The zero-order valence-electron chi connectivity index (χ0n) is 12.2. The van der Waals surface area contributed by atoms with E-state index in [2.05, 4.69) is 4.99 Å². The number of fused-ring (bicyclic) bond motifs is 1. The third-order valence-corrected chi connectivity index (χ3v) is 4.06. The monoisotopic (exact) mass is 323 g/mol. The van der Waals surface area contributed by atoms with E-state index in [1.165, 1.54) is 49.6 Å². The van der Waals surface area contributed by atoms with Gasteiger partial charge < -0.3 is 4.74 Å². The average Bonchev–Trinajstić information content (AvgIpc) is 2.54. The molecule has 0 saturated carbocycles. The van der Waals surface area contributed by atoms with Crippen LogP contribution in [-0.2, 0) is 11.8 Å². The zero-order valence-corrected chi connectivity index (χ0v) is 12.2. The maximum absolute atomic E-state index is 13.8. The van der Waals surface area contributed by atoms with E-state index in [0.717, 1.165) is 6.21 Å². The van der Waals surface area contributed by atoms with Crippen LogP contribution in [0, 0.1) is 5.82 Å². The standard InChI is InChI=1S/C17H13F4NO/c1-23-13-7-5-12(6-8-13)16(17(19,20)21)9-11-3-2-4-14(18)15(11)22-10-16/h2-8,10H,9H2,1H3/t16-/m0/s1. The number of benzene rings is 2. The zero-order chi connectivity index (χ0) is 16.7. The van der Waals surface area contributed by atoms with E-state index in [0.29, 0.717) is 5.75 Å². The van der Waals surface area contributed by atoms with Gasteiger partial charge in [0.1, 0.15) is 22.7 Å². The SMILES string of the molecule is COc1ccc([C@@]2(C(F)(F)F)C=Nc3c(F)cccc3C2)cc1. The molecule has 0 bridgehead atoms. The Balaban J connectivity index is 2.14. The Kier molecular flexibility index (Phi) is 3.62. The van der Waals surface area contributed by atoms with Gasteiger partial charge in [-0.25, -0.2) is 4.39 Å². The van der Waals surface area contributed by atoms with Crippen LogP contribution in [0.2, 0.25) is 0 Å². The van der Waals surface area contributed by atoms with Crippen molar-refractivity contribution in [3.05, 3.63) is 59.4 Å². The topological polar surface area (TPSA) is 21.6 Å². The Morgan fingerprint density at radius 1 is 1.09 bits per heavy atom. The molecule has 0 saturated heterocycles.